The Balaban J connectivity index is 2.64. The van der Waals surface area contributed by atoms with Crippen LogP contribution in [0.1, 0.15) is 46.0 Å². The van der Waals surface area contributed by atoms with Gasteiger partial charge in [0.1, 0.15) is 6.04 Å². The second-order valence-corrected chi connectivity index (χ2v) is 6.01. The second-order valence-electron chi connectivity index (χ2n) is 6.01. The second kappa shape index (κ2) is 10.0. The van der Waals surface area contributed by atoms with Crippen molar-refractivity contribution in [1.82, 2.24) is 5.32 Å². The molecule has 1 aliphatic rings. The molecular formula is C16H29BNO3. The number of carboxylic acid groups (broad SMARTS) is 1. The number of hydrogen-bond donors (Lipinski definition) is 3. The zero-order chi connectivity index (χ0) is 15.7. The average molecular weight is 294 g/mol. The molecule has 4 atom stereocenters. The van der Waals surface area contributed by atoms with E-state index in [1.165, 1.54) is 12.8 Å². The Kier molecular flexibility index (Phi) is 8.70. The van der Waals surface area contributed by atoms with Crippen molar-refractivity contribution in [1.29, 1.82) is 0 Å². The topological polar surface area (TPSA) is 69.6 Å². The van der Waals surface area contributed by atoms with Crippen molar-refractivity contribution in [3.8, 4) is 0 Å². The molecule has 1 saturated heterocycles. The highest BCUT2D eigenvalue weighted by molar-refractivity contribution is 6.25. The summed E-state index contributed by atoms with van der Waals surface area (Å²) < 4.78 is 0. The molecule has 5 heteroatoms. The number of hydrogen-bond acceptors (Lipinski definition) is 3. The van der Waals surface area contributed by atoms with Gasteiger partial charge in [-0.2, -0.15) is 0 Å². The van der Waals surface area contributed by atoms with Crippen molar-refractivity contribution in [3.63, 3.8) is 0 Å². The lowest BCUT2D eigenvalue weighted by atomic mass is 9.82. The van der Waals surface area contributed by atoms with Gasteiger partial charge in [0, 0.05) is 6.54 Å². The molecular weight excluding hydrogens is 265 g/mol. The smallest absolute Gasteiger partial charge is 0.321 e. The molecule has 0 spiro atoms. The number of nitrogens with one attached hydrogen (secondary N) is 1. The third-order valence-electron chi connectivity index (χ3n) is 4.50. The van der Waals surface area contributed by atoms with E-state index in [9.17, 15) is 9.90 Å². The van der Waals surface area contributed by atoms with Gasteiger partial charge in [0.2, 0.25) is 0 Å². The molecule has 0 aromatic heterocycles. The molecule has 0 saturated carbocycles. The van der Waals surface area contributed by atoms with E-state index in [4.69, 9.17) is 5.02 Å². The van der Waals surface area contributed by atoms with Gasteiger partial charge in [-0.15, -0.1) is 0 Å². The van der Waals surface area contributed by atoms with Crippen LogP contribution in [0.25, 0.3) is 0 Å². The van der Waals surface area contributed by atoms with Crippen LogP contribution in [0.15, 0.2) is 12.2 Å². The first-order valence-corrected chi connectivity index (χ1v) is 8.24. The van der Waals surface area contributed by atoms with E-state index in [-0.39, 0.29) is 11.8 Å². The molecule has 0 aliphatic carbocycles. The van der Waals surface area contributed by atoms with Gasteiger partial charge in [-0.1, -0.05) is 45.2 Å². The standard InChI is InChI=1S/C16H29BNO3/c1-3-6-12(4-2)8-9-13-11-18-15(16(19)20)14(13)7-5-10-17-21/h8-9,12-15,18,21H,3-7,10-11H2,1-2H3,(H,19,20)/b9-8+/t12?,13-,14+,15-/m0/s1. The lowest BCUT2D eigenvalue weighted by Crippen LogP contribution is -2.35. The maximum absolute atomic E-state index is 11.3. The maximum atomic E-state index is 11.3. The summed E-state index contributed by atoms with van der Waals surface area (Å²) in [4.78, 5) is 11.3. The molecule has 21 heavy (non-hydrogen) atoms. The molecule has 1 aliphatic heterocycles. The summed E-state index contributed by atoms with van der Waals surface area (Å²) in [5, 5.41) is 21.2. The molecule has 1 radical (unpaired) electrons. The minimum atomic E-state index is -0.760. The summed E-state index contributed by atoms with van der Waals surface area (Å²) in [5.74, 6) is 0.253. The number of rotatable bonds is 10. The molecule has 0 bridgehead atoms. The molecule has 1 fully saturated rings. The summed E-state index contributed by atoms with van der Waals surface area (Å²) in [6.07, 6.45) is 10.3. The summed E-state index contributed by atoms with van der Waals surface area (Å²) in [7, 11) is 1.16. The molecule has 1 rings (SSSR count). The zero-order valence-electron chi connectivity index (χ0n) is 13.3. The van der Waals surface area contributed by atoms with Crippen LogP contribution in [0.5, 0.6) is 0 Å². The zero-order valence-corrected chi connectivity index (χ0v) is 13.3. The van der Waals surface area contributed by atoms with Gasteiger partial charge in [0.05, 0.1) is 0 Å². The molecule has 4 nitrogen and oxygen atoms in total. The van der Waals surface area contributed by atoms with Gasteiger partial charge in [-0.3, -0.25) is 4.79 Å². The van der Waals surface area contributed by atoms with E-state index in [0.717, 1.165) is 33.3 Å². The Morgan fingerprint density at radius 1 is 1.48 bits per heavy atom. The first-order valence-electron chi connectivity index (χ1n) is 8.24. The van der Waals surface area contributed by atoms with Gasteiger partial charge >= 0.3 is 5.97 Å². The van der Waals surface area contributed by atoms with Crippen LogP contribution < -0.4 is 5.32 Å². The Bertz CT molecular complexity index is 335. The van der Waals surface area contributed by atoms with Crippen LogP contribution in [0.2, 0.25) is 6.32 Å². The summed E-state index contributed by atoms with van der Waals surface area (Å²) in [6.45, 7) is 5.14. The monoisotopic (exact) mass is 294 g/mol. The predicted molar refractivity (Wildman–Crippen MR) is 86.2 cm³/mol. The molecule has 1 unspecified atom stereocenters. The molecule has 3 N–H and O–H groups in total. The van der Waals surface area contributed by atoms with E-state index in [1.54, 1.807) is 0 Å². The van der Waals surface area contributed by atoms with Gasteiger partial charge in [0.15, 0.2) is 0 Å². The normalized spacial score (nSPS) is 27.1. The first-order chi connectivity index (χ1) is 10.1. The van der Waals surface area contributed by atoms with Crippen molar-refractivity contribution in [3.05, 3.63) is 12.2 Å². The van der Waals surface area contributed by atoms with Crippen molar-refractivity contribution < 1.29 is 14.9 Å². The molecule has 119 valence electrons. The van der Waals surface area contributed by atoms with Gasteiger partial charge < -0.3 is 15.4 Å². The number of aliphatic carboxylic acids is 1. The van der Waals surface area contributed by atoms with E-state index < -0.39 is 12.0 Å². The predicted octanol–water partition coefficient (Wildman–Crippen LogP) is 2.47. The Hall–Kier alpha value is -0.805. The molecule has 1 heterocycles. The lowest BCUT2D eigenvalue weighted by molar-refractivity contribution is -0.140. The minimum absolute atomic E-state index is 0.123. The molecule has 0 aromatic rings. The van der Waals surface area contributed by atoms with Crippen molar-refractivity contribution in [2.45, 2.75) is 58.3 Å². The third-order valence-corrected chi connectivity index (χ3v) is 4.50. The van der Waals surface area contributed by atoms with Crippen LogP contribution in [0, 0.1) is 17.8 Å². The Morgan fingerprint density at radius 2 is 2.24 bits per heavy atom. The maximum Gasteiger partial charge on any atom is 0.321 e. The number of carboxylic acids is 1. The van der Waals surface area contributed by atoms with E-state index in [2.05, 4.69) is 31.3 Å². The fourth-order valence-electron chi connectivity index (χ4n) is 3.23. The van der Waals surface area contributed by atoms with Crippen molar-refractivity contribution >= 4 is 13.5 Å². The Labute approximate surface area is 129 Å². The van der Waals surface area contributed by atoms with E-state index in [0.29, 0.717) is 12.2 Å². The average Bonchev–Trinajstić information content (AvgIpc) is 2.87. The number of allylic oxidation sites excluding steroid dienone is 1. The van der Waals surface area contributed by atoms with Gasteiger partial charge in [0.25, 0.3) is 7.48 Å². The van der Waals surface area contributed by atoms with Crippen LogP contribution in [0.4, 0.5) is 0 Å². The van der Waals surface area contributed by atoms with Crippen LogP contribution >= 0.6 is 0 Å². The largest absolute Gasteiger partial charge is 0.480 e. The quantitative estimate of drug-likeness (QED) is 0.329. The summed E-state index contributed by atoms with van der Waals surface area (Å²) in [6, 6.07) is -0.454. The van der Waals surface area contributed by atoms with Crippen molar-refractivity contribution in [2.24, 2.45) is 17.8 Å². The van der Waals surface area contributed by atoms with Gasteiger partial charge in [-0.05, 0) is 37.0 Å². The fourth-order valence-corrected chi connectivity index (χ4v) is 3.23. The highest BCUT2D eigenvalue weighted by Gasteiger charge is 2.38. The van der Waals surface area contributed by atoms with Crippen LogP contribution in [-0.2, 0) is 4.79 Å². The first kappa shape index (κ1) is 18.2. The van der Waals surface area contributed by atoms with E-state index in [1.807, 2.05) is 0 Å². The summed E-state index contributed by atoms with van der Waals surface area (Å²) >= 11 is 0. The Morgan fingerprint density at radius 3 is 2.81 bits per heavy atom. The minimum Gasteiger partial charge on any atom is -0.480 e. The fraction of sp³-hybridized carbons (Fsp3) is 0.812. The SMILES string of the molecule is CCCC(/C=C/[C@H]1CN[C@H](C(=O)O)[C@@H]1CCC[B]O)CC. The lowest BCUT2D eigenvalue weighted by Gasteiger charge is -2.20. The molecule has 0 aromatic carbocycles. The highest BCUT2D eigenvalue weighted by Crippen LogP contribution is 2.30. The summed E-state index contributed by atoms with van der Waals surface area (Å²) in [5.41, 5.74) is 0. The van der Waals surface area contributed by atoms with Crippen molar-refractivity contribution in [2.75, 3.05) is 6.54 Å². The van der Waals surface area contributed by atoms with E-state index >= 15 is 0 Å². The molecule has 0 amide bonds. The van der Waals surface area contributed by atoms with Crippen LogP contribution in [0.3, 0.4) is 0 Å². The highest BCUT2D eigenvalue weighted by atomic mass is 16.4. The van der Waals surface area contributed by atoms with Gasteiger partial charge in [-0.25, -0.2) is 0 Å². The third kappa shape index (κ3) is 5.83. The number of carbonyl (C=O) groups is 1. The van der Waals surface area contributed by atoms with Crippen LogP contribution in [-0.4, -0.2) is 36.2 Å².